The molecule has 15 rings (SSSR count). The molecule has 6 aliphatic carbocycles. The third-order valence-corrected chi connectivity index (χ3v) is 17.5. The van der Waals surface area contributed by atoms with Crippen molar-refractivity contribution < 1.29 is 0 Å². The Balaban J connectivity index is 0.920. The zero-order valence-electron chi connectivity index (χ0n) is 39.0. The lowest BCUT2D eigenvalue weighted by molar-refractivity contribution is -0.0399. The smallest absolute Gasteiger partial charge is 0.0540 e. The van der Waals surface area contributed by atoms with Crippen molar-refractivity contribution in [3.63, 3.8) is 0 Å². The van der Waals surface area contributed by atoms with Crippen LogP contribution in [0, 0.1) is 23.7 Å². The Hall–Kier alpha value is -7.22. The molecule has 1 spiro atoms. The standard InChI is InChI=1S/C67H55N/c1-66(2)61-24-11-8-21-57(61)60-23-14-22-59(65(60)66)55-19-7-6-17-53(55)47-31-33-51(34-32-47)68(64-26-13-10-18-54(64)48-29-27-46(28-30-48)45-15-4-3-5-16-45)52-35-36-58-56-20-9-12-25-62(56)67(63(58)42-52)49-38-43-37-44(40-49)41-50(67)39-43/h3-36,42-44,49-50H,37-41H2,1-2H3. The molecule has 6 aliphatic rings. The summed E-state index contributed by atoms with van der Waals surface area (Å²) in [5.41, 5.74) is 25.1. The summed E-state index contributed by atoms with van der Waals surface area (Å²) in [5, 5.41) is 0. The number of fused-ring (bicyclic) bond motifs is 6. The van der Waals surface area contributed by atoms with E-state index in [2.05, 4.69) is 231 Å². The number of rotatable bonds is 7. The van der Waals surface area contributed by atoms with Crippen molar-refractivity contribution in [3.05, 3.63) is 235 Å². The van der Waals surface area contributed by atoms with Gasteiger partial charge in [-0.3, -0.25) is 0 Å². The Morgan fingerprint density at radius 3 is 1.51 bits per heavy atom. The fraction of sp³-hybridized carbons (Fsp3) is 0.194. The number of para-hydroxylation sites is 1. The highest BCUT2D eigenvalue weighted by Gasteiger charge is 2.61. The van der Waals surface area contributed by atoms with Crippen molar-refractivity contribution in [2.45, 2.75) is 56.8 Å². The summed E-state index contributed by atoms with van der Waals surface area (Å²) >= 11 is 0. The van der Waals surface area contributed by atoms with Crippen molar-refractivity contribution >= 4 is 17.1 Å². The van der Waals surface area contributed by atoms with Crippen molar-refractivity contribution in [2.24, 2.45) is 23.7 Å². The minimum Gasteiger partial charge on any atom is -0.310 e. The quantitative estimate of drug-likeness (QED) is 0.154. The van der Waals surface area contributed by atoms with Gasteiger partial charge < -0.3 is 4.90 Å². The van der Waals surface area contributed by atoms with E-state index in [1.54, 1.807) is 11.1 Å². The van der Waals surface area contributed by atoms with Crippen LogP contribution >= 0.6 is 0 Å². The first-order valence-electron chi connectivity index (χ1n) is 25.2. The van der Waals surface area contributed by atoms with Gasteiger partial charge in [-0.1, -0.05) is 196 Å². The van der Waals surface area contributed by atoms with Crippen LogP contribution in [-0.4, -0.2) is 0 Å². The molecule has 0 saturated heterocycles. The molecule has 0 amide bonds. The van der Waals surface area contributed by atoms with Gasteiger partial charge in [-0.2, -0.15) is 0 Å². The van der Waals surface area contributed by atoms with Gasteiger partial charge in [0, 0.05) is 27.8 Å². The van der Waals surface area contributed by atoms with Gasteiger partial charge in [0.05, 0.1) is 5.69 Å². The molecular weight excluding hydrogens is 819 g/mol. The first kappa shape index (κ1) is 39.9. The Morgan fingerprint density at radius 2 is 0.809 bits per heavy atom. The molecule has 0 atom stereocenters. The molecule has 68 heavy (non-hydrogen) atoms. The zero-order valence-corrected chi connectivity index (χ0v) is 39.0. The molecule has 0 aliphatic heterocycles. The zero-order chi connectivity index (χ0) is 45.1. The topological polar surface area (TPSA) is 3.24 Å². The Bertz CT molecular complexity index is 3400. The van der Waals surface area contributed by atoms with E-state index in [1.807, 2.05) is 0 Å². The summed E-state index contributed by atoms with van der Waals surface area (Å²) in [5.74, 6) is 3.19. The summed E-state index contributed by atoms with van der Waals surface area (Å²) in [6, 6.07) is 80.4. The van der Waals surface area contributed by atoms with Crippen LogP contribution in [0.2, 0.25) is 0 Å². The van der Waals surface area contributed by atoms with Crippen LogP contribution in [0.5, 0.6) is 0 Å². The van der Waals surface area contributed by atoms with Gasteiger partial charge in [0.2, 0.25) is 0 Å². The third kappa shape index (κ3) is 5.81. The van der Waals surface area contributed by atoms with Crippen molar-refractivity contribution in [2.75, 3.05) is 4.90 Å². The Kier molecular flexibility index (Phi) is 8.89. The molecule has 0 unspecified atom stereocenters. The average Bonchev–Trinajstić information content (AvgIpc) is 3.81. The molecule has 328 valence electrons. The van der Waals surface area contributed by atoms with Crippen molar-refractivity contribution in [1.82, 2.24) is 0 Å². The number of hydrogen-bond donors (Lipinski definition) is 0. The number of anilines is 3. The maximum atomic E-state index is 2.64. The number of nitrogens with zero attached hydrogens (tertiary/aromatic N) is 1. The monoisotopic (exact) mass is 873 g/mol. The Morgan fingerprint density at radius 1 is 0.338 bits per heavy atom. The number of benzene rings is 9. The molecule has 1 nitrogen and oxygen atoms in total. The molecule has 0 N–H and O–H groups in total. The second kappa shape index (κ2) is 15.1. The van der Waals surface area contributed by atoms with E-state index in [0.29, 0.717) is 11.8 Å². The lowest BCUT2D eigenvalue weighted by Crippen LogP contribution is -2.55. The highest BCUT2D eigenvalue weighted by molar-refractivity contribution is 5.95. The first-order valence-corrected chi connectivity index (χ1v) is 25.2. The van der Waals surface area contributed by atoms with E-state index >= 15 is 0 Å². The van der Waals surface area contributed by atoms with E-state index in [-0.39, 0.29) is 10.8 Å². The van der Waals surface area contributed by atoms with Crippen LogP contribution in [0.3, 0.4) is 0 Å². The van der Waals surface area contributed by atoms with E-state index in [4.69, 9.17) is 0 Å². The van der Waals surface area contributed by atoms with Gasteiger partial charge in [0.1, 0.15) is 0 Å². The molecule has 4 saturated carbocycles. The second-order valence-electron chi connectivity index (χ2n) is 21.2. The van der Waals surface area contributed by atoms with E-state index in [9.17, 15) is 0 Å². The van der Waals surface area contributed by atoms with Gasteiger partial charge in [-0.05, 0) is 170 Å². The van der Waals surface area contributed by atoms with E-state index in [0.717, 1.165) is 17.5 Å². The molecule has 0 radical (unpaired) electrons. The van der Waals surface area contributed by atoms with Crippen LogP contribution in [0.25, 0.3) is 66.8 Å². The Labute approximate surface area is 401 Å². The van der Waals surface area contributed by atoms with Gasteiger partial charge in [-0.15, -0.1) is 0 Å². The highest BCUT2D eigenvalue weighted by Crippen LogP contribution is 2.69. The van der Waals surface area contributed by atoms with E-state index in [1.165, 1.54) is 121 Å². The fourth-order valence-corrected chi connectivity index (χ4v) is 14.9. The maximum absolute atomic E-state index is 2.64. The average molecular weight is 874 g/mol. The third-order valence-electron chi connectivity index (χ3n) is 17.5. The molecule has 1 heteroatoms. The molecular formula is C67H55N. The van der Waals surface area contributed by atoms with Crippen LogP contribution < -0.4 is 4.90 Å². The number of hydrogen-bond acceptors (Lipinski definition) is 1. The van der Waals surface area contributed by atoms with Crippen LogP contribution in [-0.2, 0) is 10.8 Å². The minimum atomic E-state index is -0.109. The molecule has 0 heterocycles. The normalized spacial score (nSPS) is 21.9. The second-order valence-corrected chi connectivity index (χ2v) is 21.2. The van der Waals surface area contributed by atoms with E-state index < -0.39 is 0 Å². The highest BCUT2D eigenvalue weighted by atomic mass is 15.1. The summed E-state index contributed by atoms with van der Waals surface area (Å²) in [6.07, 6.45) is 6.94. The van der Waals surface area contributed by atoms with Crippen molar-refractivity contribution in [1.29, 1.82) is 0 Å². The van der Waals surface area contributed by atoms with Gasteiger partial charge in [-0.25, -0.2) is 0 Å². The maximum Gasteiger partial charge on any atom is 0.0540 e. The molecule has 4 bridgehead atoms. The minimum absolute atomic E-state index is 0.0783. The SMILES string of the molecule is CC1(C)c2ccccc2-c2cccc(-c3ccccc3-c3ccc(N(c4ccc5c(c4)C4(c6ccccc6-5)C5CC6CC(C5)CC4C6)c4ccccc4-c4ccc(-c5ccccc5)cc4)cc3)c21. The lowest BCUT2D eigenvalue weighted by atomic mass is 9.43. The van der Waals surface area contributed by atoms with Gasteiger partial charge in [0.25, 0.3) is 0 Å². The summed E-state index contributed by atoms with van der Waals surface area (Å²) < 4.78 is 0. The fourth-order valence-electron chi connectivity index (χ4n) is 14.9. The summed E-state index contributed by atoms with van der Waals surface area (Å²) in [6.45, 7) is 4.79. The van der Waals surface area contributed by atoms with Crippen LogP contribution in [0.4, 0.5) is 17.1 Å². The predicted molar refractivity (Wildman–Crippen MR) is 284 cm³/mol. The van der Waals surface area contributed by atoms with Crippen molar-refractivity contribution in [3.8, 4) is 66.8 Å². The van der Waals surface area contributed by atoms with Gasteiger partial charge >= 0.3 is 0 Å². The van der Waals surface area contributed by atoms with Crippen LogP contribution in [0.15, 0.2) is 212 Å². The summed E-state index contributed by atoms with van der Waals surface area (Å²) in [4.78, 5) is 2.56. The predicted octanol–water partition coefficient (Wildman–Crippen LogP) is 17.9. The van der Waals surface area contributed by atoms with Crippen LogP contribution in [0.1, 0.15) is 68.2 Å². The summed E-state index contributed by atoms with van der Waals surface area (Å²) in [7, 11) is 0. The van der Waals surface area contributed by atoms with Gasteiger partial charge in [0.15, 0.2) is 0 Å². The lowest BCUT2D eigenvalue weighted by Gasteiger charge is -2.61. The molecule has 9 aromatic rings. The molecule has 9 aromatic carbocycles. The molecule has 0 aromatic heterocycles. The molecule has 4 fully saturated rings. The first-order chi connectivity index (χ1) is 33.4. The largest absolute Gasteiger partial charge is 0.310 e.